The summed E-state index contributed by atoms with van der Waals surface area (Å²) in [6.45, 7) is 5.38. The van der Waals surface area contributed by atoms with Gasteiger partial charge < -0.3 is 15.2 Å². The van der Waals surface area contributed by atoms with Gasteiger partial charge in [-0.3, -0.25) is 0 Å². The molecule has 1 heterocycles. The molecule has 1 aliphatic heterocycles. The average molecular weight is 225 g/mol. The van der Waals surface area contributed by atoms with Crippen LogP contribution in [0.1, 0.15) is 38.1 Å². The van der Waals surface area contributed by atoms with E-state index in [2.05, 4.69) is 0 Å². The van der Waals surface area contributed by atoms with E-state index in [9.17, 15) is 4.39 Å². The summed E-state index contributed by atoms with van der Waals surface area (Å²) >= 11 is 0. The Bertz CT molecular complexity index is 410. The number of benzene rings is 1. The summed E-state index contributed by atoms with van der Waals surface area (Å²) in [4.78, 5) is 0. The van der Waals surface area contributed by atoms with Gasteiger partial charge in [0.1, 0.15) is 6.17 Å². The van der Waals surface area contributed by atoms with Crippen molar-refractivity contribution in [3.63, 3.8) is 0 Å². The van der Waals surface area contributed by atoms with Crippen LogP contribution in [0.5, 0.6) is 11.5 Å². The molecule has 0 radical (unpaired) electrons. The highest BCUT2D eigenvalue weighted by Gasteiger charge is 2.27. The summed E-state index contributed by atoms with van der Waals surface area (Å²) in [5.74, 6) is 1.22. The van der Waals surface area contributed by atoms with Gasteiger partial charge in [0.25, 0.3) is 0 Å². The van der Waals surface area contributed by atoms with E-state index in [0.717, 1.165) is 5.56 Å². The zero-order valence-corrected chi connectivity index (χ0v) is 9.71. The van der Waals surface area contributed by atoms with Crippen molar-refractivity contribution in [1.82, 2.24) is 0 Å². The summed E-state index contributed by atoms with van der Waals surface area (Å²) in [5, 5.41) is 0. The molecule has 1 aliphatic rings. The average Bonchev–Trinajstić information content (AvgIpc) is 2.61. The van der Waals surface area contributed by atoms with Crippen LogP contribution in [0.15, 0.2) is 12.1 Å². The number of fused-ring (bicyclic) bond motifs is 1. The number of halogens is 1. The molecule has 0 saturated carbocycles. The zero-order valence-electron chi connectivity index (χ0n) is 9.71. The lowest BCUT2D eigenvalue weighted by Gasteiger charge is -2.22. The molecule has 3 nitrogen and oxygen atoms in total. The number of hydrogen-bond acceptors (Lipinski definition) is 3. The summed E-state index contributed by atoms with van der Waals surface area (Å²) < 4.78 is 24.0. The Morgan fingerprint density at radius 1 is 1.38 bits per heavy atom. The predicted octanol–water partition coefficient (Wildman–Crippen LogP) is 2.64. The standard InChI is InChI=1S/C12H16FNO2/c1-7(13)8-4-9(12(2,3)14)11-10(5-8)15-6-16-11/h4-5,7H,6,14H2,1-3H3. The Balaban J connectivity index is 2.58. The second kappa shape index (κ2) is 3.63. The fourth-order valence-electron chi connectivity index (χ4n) is 1.74. The van der Waals surface area contributed by atoms with Crippen LogP contribution in [-0.2, 0) is 5.54 Å². The normalized spacial score (nSPS) is 16.3. The van der Waals surface area contributed by atoms with Crippen molar-refractivity contribution < 1.29 is 13.9 Å². The smallest absolute Gasteiger partial charge is 0.231 e. The fraction of sp³-hybridized carbons (Fsp3) is 0.500. The first-order valence-corrected chi connectivity index (χ1v) is 5.26. The Morgan fingerprint density at radius 2 is 2.06 bits per heavy atom. The van der Waals surface area contributed by atoms with Crippen LogP contribution in [0.4, 0.5) is 4.39 Å². The second-order valence-electron chi connectivity index (χ2n) is 4.64. The highest BCUT2D eigenvalue weighted by molar-refractivity contribution is 5.53. The Morgan fingerprint density at radius 3 is 2.62 bits per heavy atom. The topological polar surface area (TPSA) is 44.5 Å². The predicted molar refractivity (Wildman–Crippen MR) is 59.3 cm³/mol. The van der Waals surface area contributed by atoms with E-state index in [1.807, 2.05) is 13.8 Å². The summed E-state index contributed by atoms with van der Waals surface area (Å²) in [5.41, 5.74) is 6.81. The number of nitrogens with two attached hydrogens (primary N) is 1. The fourth-order valence-corrected chi connectivity index (χ4v) is 1.74. The summed E-state index contributed by atoms with van der Waals surface area (Å²) in [6.07, 6.45) is -1.05. The van der Waals surface area contributed by atoms with Gasteiger partial charge in [-0.1, -0.05) is 0 Å². The van der Waals surface area contributed by atoms with Gasteiger partial charge in [-0.15, -0.1) is 0 Å². The maximum Gasteiger partial charge on any atom is 0.231 e. The van der Waals surface area contributed by atoms with Crippen molar-refractivity contribution in [3.05, 3.63) is 23.3 Å². The maximum atomic E-state index is 13.3. The van der Waals surface area contributed by atoms with Gasteiger partial charge in [0.2, 0.25) is 6.79 Å². The van der Waals surface area contributed by atoms with Crippen molar-refractivity contribution in [1.29, 1.82) is 0 Å². The monoisotopic (exact) mass is 225 g/mol. The molecule has 1 atom stereocenters. The van der Waals surface area contributed by atoms with Gasteiger partial charge >= 0.3 is 0 Å². The Kier molecular flexibility index (Phi) is 2.54. The van der Waals surface area contributed by atoms with Crippen molar-refractivity contribution in [2.45, 2.75) is 32.5 Å². The summed E-state index contributed by atoms with van der Waals surface area (Å²) in [6, 6.07) is 3.42. The third-order valence-electron chi connectivity index (χ3n) is 2.65. The quantitative estimate of drug-likeness (QED) is 0.841. The molecule has 0 amide bonds. The lowest BCUT2D eigenvalue weighted by atomic mass is 9.92. The third kappa shape index (κ3) is 1.85. The molecule has 0 saturated heterocycles. The first kappa shape index (κ1) is 11.2. The maximum absolute atomic E-state index is 13.3. The molecular formula is C12H16FNO2. The SMILES string of the molecule is CC(F)c1cc2c(c(C(C)(C)N)c1)OCO2. The first-order chi connectivity index (χ1) is 7.39. The molecule has 0 spiro atoms. The molecular weight excluding hydrogens is 209 g/mol. The van der Waals surface area contributed by atoms with Crippen molar-refractivity contribution in [3.8, 4) is 11.5 Å². The highest BCUT2D eigenvalue weighted by Crippen LogP contribution is 2.42. The molecule has 2 N–H and O–H groups in total. The van der Waals surface area contributed by atoms with Crippen LogP contribution < -0.4 is 15.2 Å². The van der Waals surface area contributed by atoms with E-state index >= 15 is 0 Å². The molecule has 0 fully saturated rings. The molecule has 1 aromatic rings. The van der Waals surface area contributed by atoms with E-state index in [0.29, 0.717) is 17.1 Å². The molecule has 1 aromatic carbocycles. The summed E-state index contributed by atoms with van der Waals surface area (Å²) in [7, 11) is 0. The van der Waals surface area contributed by atoms with E-state index in [1.54, 1.807) is 12.1 Å². The van der Waals surface area contributed by atoms with Crippen molar-refractivity contribution in [2.75, 3.05) is 6.79 Å². The number of ether oxygens (including phenoxy) is 2. The highest BCUT2D eigenvalue weighted by atomic mass is 19.1. The Hall–Kier alpha value is -1.29. The van der Waals surface area contributed by atoms with Gasteiger partial charge in [-0.2, -0.15) is 0 Å². The molecule has 4 heteroatoms. The number of hydrogen-bond donors (Lipinski definition) is 1. The third-order valence-corrected chi connectivity index (χ3v) is 2.65. The molecule has 0 bridgehead atoms. The lowest BCUT2D eigenvalue weighted by molar-refractivity contribution is 0.172. The van der Waals surface area contributed by atoms with E-state index in [-0.39, 0.29) is 6.79 Å². The van der Waals surface area contributed by atoms with E-state index in [4.69, 9.17) is 15.2 Å². The van der Waals surface area contributed by atoms with Gasteiger partial charge in [-0.25, -0.2) is 4.39 Å². The van der Waals surface area contributed by atoms with E-state index < -0.39 is 11.7 Å². The van der Waals surface area contributed by atoms with Crippen LogP contribution in [0.3, 0.4) is 0 Å². The zero-order chi connectivity index (χ0) is 11.9. The Labute approximate surface area is 94.3 Å². The van der Waals surface area contributed by atoms with Gasteiger partial charge in [0.05, 0.1) is 0 Å². The van der Waals surface area contributed by atoms with Gasteiger partial charge in [-0.05, 0) is 38.5 Å². The molecule has 0 aromatic heterocycles. The first-order valence-electron chi connectivity index (χ1n) is 5.26. The van der Waals surface area contributed by atoms with Crippen LogP contribution in [0.25, 0.3) is 0 Å². The minimum absolute atomic E-state index is 0.169. The van der Waals surface area contributed by atoms with Crippen LogP contribution in [0.2, 0.25) is 0 Å². The second-order valence-corrected chi connectivity index (χ2v) is 4.64. The van der Waals surface area contributed by atoms with Gasteiger partial charge in [0.15, 0.2) is 11.5 Å². The van der Waals surface area contributed by atoms with E-state index in [1.165, 1.54) is 6.92 Å². The molecule has 16 heavy (non-hydrogen) atoms. The molecule has 88 valence electrons. The molecule has 2 rings (SSSR count). The van der Waals surface area contributed by atoms with Crippen molar-refractivity contribution in [2.24, 2.45) is 5.73 Å². The van der Waals surface area contributed by atoms with Crippen LogP contribution in [-0.4, -0.2) is 6.79 Å². The van der Waals surface area contributed by atoms with Gasteiger partial charge in [0, 0.05) is 11.1 Å². The largest absolute Gasteiger partial charge is 0.454 e. The van der Waals surface area contributed by atoms with Crippen LogP contribution >= 0.6 is 0 Å². The molecule has 0 aliphatic carbocycles. The lowest BCUT2D eigenvalue weighted by Crippen LogP contribution is -2.29. The number of alkyl halides is 1. The van der Waals surface area contributed by atoms with Crippen LogP contribution in [0, 0.1) is 0 Å². The molecule has 1 unspecified atom stereocenters. The minimum atomic E-state index is -1.05. The minimum Gasteiger partial charge on any atom is -0.454 e. The van der Waals surface area contributed by atoms with Crippen molar-refractivity contribution >= 4 is 0 Å². The number of rotatable bonds is 2.